The van der Waals surface area contributed by atoms with Gasteiger partial charge in [0.05, 0.1) is 16.6 Å². The molecule has 0 aliphatic rings. The standard InChI is InChI=1S/C9H5Cl2N3O/c10-7-5-9(15)8(11)4-6(7)2-1-3-13-14-12/h4-5,15H,3H2. The number of phenolic OH excluding ortho intramolecular Hbond substituents is 1. The number of hydrogen-bond acceptors (Lipinski definition) is 2. The van der Waals surface area contributed by atoms with Crippen molar-refractivity contribution in [3.63, 3.8) is 0 Å². The van der Waals surface area contributed by atoms with Crippen LogP contribution in [0.3, 0.4) is 0 Å². The van der Waals surface area contributed by atoms with E-state index >= 15 is 0 Å². The number of halogens is 2. The van der Waals surface area contributed by atoms with Gasteiger partial charge in [-0.1, -0.05) is 40.2 Å². The van der Waals surface area contributed by atoms with Gasteiger partial charge in [0.15, 0.2) is 0 Å². The molecule has 76 valence electrons. The van der Waals surface area contributed by atoms with Gasteiger partial charge in [-0.25, -0.2) is 0 Å². The fourth-order valence-electron chi connectivity index (χ4n) is 0.834. The molecule has 4 nitrogen and oxygen atoms in total. The number of nitrogens with zero attached hydrogens (tertiary/aromatic N) is 3. The normalized spacial score (nSPS) is 8.67. The molecule has 0 bridgehead atoms. The number of benzene rings is 1. The molecule has 0 radical (unpaired) electrons. The number of aromatic hydroxyl groups is 1. The molecule has 15 heavy (non-hydrogen) atoms. The Balaban J connectivity index is 2.98. The van der Waals surface area contributed by atoms with E-state index in [0.29, 0.717) is 10.6 Å². The summed E-state index contributed by atoms with van der Waals surface area (Å²) in [6.45, 7) is 0.0608. The average molecular weight is 242 g/mol. The van der Waals surface area contributed by atoms with E-state index in [1.54, 1.807) is 0 Å². The molecular formula is C9H5Cl2N3O. The largest absolute Gasteiger partial charge is 0.506 e. The van der Waals surface area contributed by atoms with E-state index in [2.05, 4.69) is 21.9 Å². The zero-order valence-electron chi connectivity index (χ0n) is 7.41. The minimum absolute atomic E-state index is 0.0608. The van der Waals surface area contributed by atoms with Gasteiger partial charge in [0, 0.05) is 16.5 Å². The van der Waals surface area contributed by atoms with Crippen LogP contribution in [0.2, 0.25) is 10.0 Å². The lowest BCUT2D eigenvalue weighted by molar-refractivity contribution is 0.475. The van der Waals surface area contributed by atoms with E-state index in [-0.39, 0.29) is 17.3 Å². The van der Waals surface area contributed by atoms with Gasteiger partial charge < -0.3 is 5.11 Å². The van der Waals surface area contributed by atoms with Crippen LogP contribution >= 0.6 is 23.2 Å². The predicted octanol–water partition coefficient (Wildman–Crippen LogP) is 3.36. The molecule has 6 heteroatoms. The van der Waals surface area contributed by atoms with E-state index in [0.717, 1.165) is 0 Å². The lowest BCUT2D eigenvalue weighted by Crippen LogP contribution is -1.79. The number of hydrogen-bond donors (Lipinski definition) is 1. The van der Waals surface area contributed by atoms with Crippen LogP contribution in [0.4, 0.5) is 0 Å². The Morgan fingerprint density at radius 3 is 2.80 bits per heavy atom. The van der Waals surface area contributed by atoms with Crippen LogP contribution in [0.5, 0.6) is 5.75 Å². The van der Waals surface area contributed by atoms with E-state index < -0.39 is 0 Å². The van der Waals surface area contributed by atoms with Crippen molar-refractivity contribution >= 4 is 23.2 Å². The van der Waals surface area contributed by atoms with Crippen LogP contribution in [0.25, 0.3) is 10.4 Å². The first-order chi connectivity index (χ1) is 7.15. The lowest BCUT2D eigenvalue weighted by Gasteiger charge is -1.99. The van der Waals surface area contributed by atoms with Gasteiger partial charge in [0.2, 0.25) is 0 Å². The van der Waals surface area contributed by atoms with Gasteiger partial charge in [0.25, 0.3) is 0 Å². The van der Waals surface area contributed by atoms with Crippen LogP contribution in [-0.2, 0) is 0 Å². The van der Waals surface area contributed by atoms with Crippen molar-refractivity contribution in [2.24, 2.45) is 5.11 Å². The average Bonchev–Trinajstić information content (AvgIpc) is 2.20. The predicted molar refractivity (Wildman–Crippen MR) is 59.0 cm³/mol. The van der Waals surface area contributed by atoms with Gasteiger partial charge in [-0.05, 0) is 11.6 Å². The van der Waals surface area contributed by atoms with Crippen molar-refractivity contribution in [3.8, 4) is 17.6 Å². The second-order valence-corrected chi connectivity index (χ2v) is 3.29. The summed E-state index contributed by atoms with van der Waals surface area (Å²) >= 11 is 11.5. The summed E-state index contributed by atoms with van der Waals surface area (Å²) in [4.78, 5) is 2.54. The van der Waals surface area contributed by atoms with Crippen molar-refractivity contribution in [3.05, 3.63) is 38.2 Å². The van der Waals surface area contributed by atoms with Crippen LogP contribution < -0.4 is 0 Å². The van der Waals surface area contributed by atoms with Crippen LogP contribution in [0.15, 0.2) is 17.2 Å². The minimum atomic E-state index is -0.0951. The maximum absolute atomic E-state index is 9.20. The van der Waals surface area contributed by atoms with Crippen molar-refractivity contribution in [1.29, 1.82) is 0 Å². The van der Waals surface area contributed by atoms with Crippen molar-refractivity contribution < 1.29 is 5.11 Å². The maximum Gasteiger partial charge on any atom is 0.135 e. The Kier molecular flexibility index (Phi) is 4.14. The third-order valence-electron chi connectivity index (χ3n) is 1.47. The summed E-state index contributed by atoms with van der Waals surface area (Å²) in [5.41, 5.74) is 8.49. The smallest absolute Gasteiger partial charge is 0.135 e. The highest BCUT2D eigenvalue weighted by Crippen LogP contribution is 2.29. The van der Waals surface area contributed by atoms with Crippen molar-refractivity contribution in [1.82, 2.24) is 0 Å². The maximum atomic E-state index is 9.20. The Bertz CT molecular complexity index is 484. The highest BCUT2D eigenvalue weighted by atomic mass is 35.5. The second kappa shape index (κ2) is 5.38. The van der Waals surface area contributed by atoms with Crippen LogP contribution in [-0.4, -0.2) is 11.7 Å². The van der Waals surface area contributed by atoms with Gasteiger partial charge >= 0.3 is 0 Å². The summed E-state index contributed by atoms with van der Waals surface area (Å²) < 4.78 is 0. The summed E-state index contributed by atoms with van der Waals surface area (Å²) in [6, 6.07) is 2.75. The molecule has 0 amide bonds. The fourth-order valence-corrected chi connectivity index (χ4v) is 1.20. The molecule has 0 saturated heterocycles. The molecule has 1 rings (SSSR count). The van der Waals surface area contributed by atoms with Crippen molar-refractivity contribution in [2.75, 3.05) is 6.54 Å². The fraction of sp³-hybridized carbons (Fsp3) is 0.111. The summed E-state index contributed by atoms with van der Waals surface area (Å²) in [6.07, 6.45) is 0. The first-order valence-corrected chi connectivity index (χ1v) is 4.58. The molecule has 1 aromatic carbocycles. The van der Waals surface area contributed by atoms with E-state index in [1.165, 1.54) is 12.1 Å². The van der Waals surface area contributed by atoms with Gasteiger partial charge in [0.1, 0.15) is 5.75 Å². The lowest BCUT2D eigenvalue weighted by atomic mass is 10.2. The quantitative estimate of drug-likeness (QED) is 0.348. The topological polar surface area (TPSA) is 69.0 Å². The summed E-state index contributed by atoms with van der Waals surface area (Å²) in [7, 11) is 0. The molecule has 0 unspecified atom stereocenters. The number of phenols is 1. The molecule has 0 fully saturated rings. The van der Waals surface area contributed by atoms with Gasteiger partial charge in [-0.15, -0.1) is 0 Å². The summed E-state index contributed by atoms with van der Waals surface area (Å²) in [5.74, 6) is 5.17. The van der Waals surface area contributed by atoms with Gasteiger partial charge in [-0.2, -0.15) is 0 Å². The Morgan fingerprint density at radius 2 is 2.13 bits per heavy atom. The monoisotopic (exact) mass is 241 g/mol. The molecule has 0 aliphatic carbocycles. The molecule has 0 saturated carbocycles. The first-order valence-electron chi connectivity index (χ1n) is 3.83. The molecule has 1 N–H and O–H groups in total. The highest BCUT2D eigenvalue weighted by Gasteiger charge is 2.03. The van der Waals surface area contributed by atoms with Crippen molar-refractivity contribution in [2.45, 2.75) is 0 Å². The zero-order valence-corrected chi connectivity index (χ0v) is 8.92. The summed E-state index contributed by atoms with van der Waals surface area (Å²) in [5, 5.41) is 12.9. The second-order valence-electron chi connectivity index (χ2n) is 2.47. The first kappa shape index (κ1) is 11.5. The molecular weight excluding hydrogens is 237 g/mol. The third kappa shape index (κ3) is 3.26. The van der Waals surface area contributed by atoms with Crippen LogP contribution in [0.1, 0.15) is 5.56 Å². The van der Waals surface area contributed by atoms with E-state index in [4.69, 9.17) is 28.7 Å². The minimum Gasteiger partial charge on any atom is -0.506 e. The third-order valence-corrected chi connectivity index (χ3v) is 2.09. The Hall–Kier alpha value is -1.53. The molecule has 0 heterocycles. The Labute approximate surface area is 96.1 Å². The zero-order chi connectivity index (χ0) is 11.3. The van der Waals surface area contributed by atoms with E-state index in [1.807, 2.05) is 0 Å². The molecule has 0 spiro atoms. The number of azide groups is 1. The van der Waals surface area contributed by atoms with Gasteiger partial charge in [-0.3, -0.25) is 0 Å². The molecule has 0 aromatic heterocycles. The SMILES string of the molecule is [N-]=[N+]=NCC#Cc1cc(Cl)c(O)cc1Cl. The molecule has 1 aromatic rings. The molecule has 0 aliphatic heterocycles. The highest BCUT2D eigenvalue weighted by molar-refractivity contribution is 6.35. The molecule has 0 atom stereocenters. The van der Waals surface area contributed by atoms with E-state index in [9.17, 15) is 5.11 Å². The van der Waals surface area contributed by atoms with Crippen LogP contribution in [0, 0.1) is 11.8 Å². The Morgan fingerprint density at radius 1 is 1.40 bits per heavy atom. The number of rotatable bonds is 1.